The minimum Gasteiger partial charge on any atom is -0.485 e. The van der Waals surface area contributed by atoms with Gasteiger partial charge in [0.05, 0.1) is 17.3 Å². The fraction of sp³-hybridized carbons (Fsp3) is 0.250. The van der Waals surface area contributed by atoms with Crippen molar-refractivity contribution in [2.24, 2.45) is 7.05 Å². The number of rotatable bonds is 1. The number of ether oxygens (including phenoxy) is 1. The molecule has 6 heteroatoms. The highest BCUT2D eigenvalue weighted by atomic mass is 35.5. The normalized spacial score (nSPS) is 16.9. The van der Waals surface area contributed by atoms with E-state index in [1.54, 1.807) is 42.4 Å². The van der Waals surface area contributed by atoms with Gasteiger partial charge in [-0.25, -0.2) is 0 Å². The number of fused-ring (bicyclic) bond motifs is 1. The summed E-state index contributed by atoms with van der Waals surface area (Å²) in [4.78, 5) is 26.1. The van der Waals surface area contributed by atoms with E-state index in [2.05, 4.69) is 0 Å². The van der Waals surface area contributed by atoms with Crippen LogP contribution in [0.3, 0.4) is 0 Å². The molecule has 0 aliphatic carbocycles. The fourth-order valence-corrected chi connectivity index (χ4v) is 2.66. The van der Waals surface area contributed by atoms with Crippen molar-refractivity contribution in [1.82, 2.24) is 4.57 Å². The number of pyridine rings is 1. The van der Waals surface area contributed by atoms with E-state index in [1.807, 2.05) is 6.92 Å². The molecule has 0 spiro atoms. The zero-order chi connectivity index (χ0) is 15.9. The molecule has 1 atom stereocenters. The van der Waals surface area contributed by atoms with Gasteiger partial charge in [-0.15, -0.1) is 0 Å². The Balaban J connectivity index is 2.05. The lowest BCUT2D eigenvalue weighted by Gasteiger charge is -2.33. The molecule has 2 aromatic rings. The van der Waals surface area contributed by atoms with E-state index in [9.17, 15) is 9.59 Å². The van der Waals surface area contributed by atoms with Crippen LogP contribution in [0.4, 0.5) is 5.69 Å². The van der Waals surface area contributed by atoms with Gasteiger partial charge < -0.3 is 14.2 Å². The van der Waals surface area contributed by atoms with E-state index in [4.69, 9.17) is 16.3 Å². The van der Waals surface area contributed by atoms with Crippen LogP contribution in [0, 0.1) is 0 Å². The fourth-order valence-electron chi connectivity index (χ4n) is 2.45. The van der Waals surface area contributed by atoms with E-state index in [1.165, 1.54) is 10.6 Å². The Hall–Kier alpha value is -2.27. The number of anilines is 1. The van der Waals surface area contributed by atoms with Gasteiger partial charge in [0, 0.05) is 24.9 Å². The van der Waals surface area contributed by atoms with Crippen molar-refractivity contribution >= 4 is 23.2 Å². The quantitative estimate of drug-likeness (QED) is 0.811. The highest BCUT2D eigenvalue weighted by Crippen LogP contribution is 2.39. The Bertz CT molecular complexity index is 800. The molecule has 1 aliphatic heterocycles. The Morgan fingerprint density at radius 2 is 2.14 bits per heavy atom. The first-order valence-electron chi connectivity index (χ1n) is 6.91. The summed E-state index contributed by atoms with van der Waals surface area (Å²) in [5.41, 5.74) is 0.748. The van der Waals surface area contributed by atoms with Crippen molar-refractivity contribution in [2.75, 3.05) is 11.4 Å². The van der Waals surface area contributed by atoms with Crippen LogP contribution >= 0.6 is 11.6 Å². The number of carbonyl (C=O) groups excluding carboxylic acids is 1. The molecule has 1 aliphatic rings. The standard InChI is InChI=1S/C16H15ClN2O3/c1-10-9-19(13-5-3-4-12(17)15(13)22-10)16(21)11-6-7-18(2)14(20)8-11/h3-8,10H,9H2,1-2H3. The highest BCUT2D eigenvalue weighted by Gasteiger charge is 2.29. The number of nitrogens with zero attached hydrogens (tertiary/aromatic N) is 2. The molecule has 1 amide bonds. The van der Waals surface area contributed by atoms with Gasteiger partial charge in [-0.1, -0.05) is 17.7 Å². The first-order chi connectivity index (χ1) is 10.5. The van der Waals surface area contributed by atoms with Crippen molar-refractivity contribution in [3.8, 4) is 5.75 Å². The molecule has 1 aromatic carbocycles. The molecule has 22 heavy (non-hydrogen) atoms. The average molecular weight is 319 g/mol. The molecule has 0 radical (unpaired) electrons. The molecule has 0 saturated carbocycles. The minimum absolute atomic E-state index is 0.178. The van der Waals surface area contributed by atoms with Crippen LogP contribution < -0.4 is 15.2 Å². The molecule has 5 nitrogen and oxygen atoms in total. The molecule has 1 unspecified atom stereocenters. The summed E-state index contributed by atoms with van der Waals surface area (Å²) >= 11 is 6.15. The lowest BCUT2D eigenvalue weighted by atomic mass is 10.1. The van der Waals surface area contributed by atoms with Gasteiger partial charge in [-0.3, -0.25) is 9.59 Å². The number of hydrogen-bond acceptors (Lipinski definition) is 3. The number of para-hydroxylation sites is 1. The smallest absolute Gasteiger partial charge is 0.258 e. The highest BCUT2D eigenvalue weighted by molar-refractivity contribution is 6.32. The van der Waals surface area contributed by atoms with Crippen LogP contribution in [-0.2, 0) is 7.05 Å². The predicted molar refractivity (Wildman–Crippen MR) is 84.9 cm³/mol. The van der Waals surface area contributed by atoms with Crippen LogP contribution in [-0.4, -0.2) is 23.1 Å². The molecule has 3 rings (SSSR count). The Kier molecular flexibility index (Phi) is 3.66. The van der Waals surface area contributed by atoms with Crippen molar-refractivity contribution in [3.63, 3.8) is 0 Å². The van der Waals surface area contributed by atoms with E-state index in [-0.39, 0.29) is 17.6 Å². The number of aryl methyl sites for hydroxylation is 1. The summed E-state index contributed by atoms with van der Waals surface area (Å²) in [5, 5.41) is 0.464. The summed E-state index contributed by atoms with van der Waals surface area (Å²) in [6.07, 6.45) is 1.40. The molecule has 0 N–H and O–H groups in total. The van der Waals surface area contributed by atoms with E-state index in [0.717, 1.165) is 0 Å². The maximum absolute atomic E-state index is 12.8. The molecule has 0 saturated heterocycles. The third-order valence-electron chi connectivity index (χ3n) is 3.59. The van der Waals surface area contributed by atoms with Gasteiger partial charge in [0.2, 0.25) is 0 Å². The summed E-state index contributed by atoms with van der Waals surface area (Å²) in [5.74, 6) is 0.261. The second kappa shape index (κ2) is 5.50. The second-order valence-electron chi connectivity index (χ2n) is 5.30. The van der Waals surface area contributed by atoms with Gasteiger partial charge in [0.25, 0.3) is 11.5 Å². The number of carbonyl (C=O) groups is 1. The molecule has 114 valence electrons. The first kappa shape index (κ1) is 14.7. The largest absolute Gasteiger partial charge is 0.485 e. The Labute approximate surface area is 132 Å². The lowest BCUT2D eigenvalue weighted by Crippen LogP contribution is -2.42. The van der Waals surface area contributed by atoms with Gasteiger partial charge in [0.1, 0.15) is 6.10 Å². The molecule has 0 bridgehead atoms. The Morgan fingerprint density at radius 1 is 1.36 bits per heavy atom. The van der Waals surface area contributed by atoms with Crippen molar-refractivity contribution in [1.29, 1.82) is 0 Å². The van der Waals surface area contributed by atoms with Crippen LogP contribution in [0.1, 0.15) is 17.3 Å². The number of benzene rings is 1. The molecular formula is C16H15ClN2O3. The maximum Gasteiger partial charge on any atom is 0.258 e. The Morgan fingerprint density at radius 3 is 2.86 bits per heavy atom. The maximum atomic E-state index is 12.8. The van der Waals surface area contributed by atoms with Gasteiger partial charge in [-0.05, 0) is 25.1 Å². The number of halogens is 1. The summed E-state index contributed by atoms with van der Waals surface area (Å²) in [7, 11) is 1.64. The summed E-state index contributed by atoms with van der Waals surface area (Å²) < 4.78 is 7.15. The van der Waals surface area contributed by atoms with Crippen LogP contribution in [0.2, 0.25) is 5.02 Å². The topological polar surface area (TPSA) is 51.5 Å². The first-order valence-corrected chi connectivity index (χ1v) is 7.29. The molecule has 2 heterocycles. The lowest BCUT2D eigenvalue weighted by molar-refractivity contribution is 0.0961. The zero-order valence-corrected chi connectivity index (χ0v) is 13.0. The number of aromatic nitrogens is 1. The van der Waals surface area contributed by atoms with Gasteiger partial charge in [0.15, 0.2) is 5.75 Å². The third-order valence-corrected chi connectivity index (χ3v) is 3.89. The van der Waals surface area contributed by atoms with Crippen molar-refractivity contribution < 1.29 is 9.53 Å². The number of amides is 1. The number of hydrogen-bond donors (Lipinski definition) is 0. The van der Waals surface area contributed by atoms with Crippen LogP contribution in [0.5, 0.6) is 5.75 Å². The van der Waals surface area contributed by atoms with E-state index >= 15 is 0 Å². The SMILES string of the molecule is CC1CN(C(=O)c2ccn(C)c(=O)c2)c2cccc(Cl)c2O1. The average Bonchev–Trinajstić information content (AvgIpc) is 2.49. The molecule has 1 aromatic heterocycles. The van der Waals surface area contributed by atoms with Gasteiger partial charge >= 0.3 is 0 Å². The molecular weight excluding hydrogens is 304 g/mol. The second-order valence-corrected chi connectivity index (χ2v) is 5.70. The van der Waals surface area contributed by atoms with Crippen LogP contribution in [0.25, 0.3) is 0 Å². The van der Waals surface area contributed by atoms with Crippen LogP contribution in [0.15, 0.2) is 41.3 Å². The third kappa shape index (κ3) is 2.48. The molecule has 0 fully saturated rings. The zero-order valence-electron chi connectivity index (χ0n) is 12.2. The monoisotopic (exact) mass is 318 g/mol. The predicted octanol–water partition coefficient (Wildman–Crippen LogP) is 2.47. The summed E-state index contributed by atoms with van der Waals surface area (Å²) in [6, 6.07) is 8.25. The summed E-state index contributed by atoms with van der Waals surface area (Å²) in [6.45, 7) is 2.28. The van der Waals surface area contributed by atoms with E-state index < -0.39 is 0 Å². The van der Waals surface area contributed by atoms with E-state index in [0.29, 0.717) is 28.6 Å². The van der Waals surface area contributed by atoms with Gasteiger partial charge in [-0.2, -0.15) is 0 Å². The van der Waals surface area contributed by atoms with Crippen molar-refractivity contribution in [2.45, 2.75) is 13.0 Å². The van der Waals surface area contributed by atoms with Crippen molar-refractivity contribution in [3.05, 3.63) is 57.5 Å². The minimum atomic E-state index is -0.239.